The van der Waals surface area contributed by atoms with E-state index in [0.29, 0.717) is 34.3 Å². The van der Waals surface area contributed by atoms with E-state index in [0.717, 1.165) is 11.1 Å². The number of hydrogen-bond donors (Lipinski definition) is 3. The lowest BCUT2D eigenvalue weighted by Crippen LogP contribution is -2.15. The van der Waals surface area contributed by atoms with Crippen molar-refractivity contribution in [3.8, 4) is 17.1 Å². The fourth-order valence-corrected chi connectivity index (χ4v) is 3.26. The standard InChI is InChI=1S/C21H23N5O3S/c1-13-5-4-6-15(11-13)20-24-25-21(30)26(20)10-9-19(28)23-16-7-8-18(29-3)17(12-16)22-14(2)27/h4-8,11-12H,9-10H2,1-3H3,(H,22,27)(H,23,28)(H,25,30). The van der Waals surface area contributed by atoms with Crippen LogP contribution in [0.2, 0.25) is 0 Å². The lowest BCUT2D eigenvalue weighted by molar-refractivity contribution is -0.116. The highest BCUT2D eigenvalue weighted by Crippen LogP contribution is 2.28. The highest BCUT2D eigenvalue weighted by molar-refractivity contribution is 7.71. The van der Waals surface area contributed by atoms with E-state index in [1.54, 1.807) is 22.8 Å². The third-order valence-corrected chi connectivity index (χ3v) is 4.70. The second-order valence-corrected chi connectivity index (χ2v) is 7.15. The number of methoxy groups -OCH3 is 1. The van der Waals surface area contributed by atoms with Gasteiger partial charge in [-0.15, -0.1) is 0 Å². The van der Waals surface area contributed by atoms with Crippen molar-refractivity contribution in [3.63, 3.8) is 0 Å². The van der Waals surface area contributed by atoms with E-state index in [1.807, 2.05) is 31.2 Å². The molecule has 3 rings (SSSR count). The normalized spacial score (nSPS) is 10.5. The second-order valence-electron chi connectivity index (χ2n) is 6.77. The third kappa shape index (κ3) is 5.12. The van der Waals surface area contributed by atoms with Gasteiger partial charge in [0.15, 0.2) is 10.6 Å². The van der Waals surface area contributed by atoms with Crippen molar-refractivity contribution in [2.24, 2.45) is 0 Å². The molecule has 9 heteroatoms. The molecule has 0 atom stereocenters. The molecule has 0 saturated heterocycles. The molecule has 0 bridgehead atoms. The summed E-state index contributed by atoms with van der Waals surface area (Å²) in [6, 6.07) is 13.0. The average Bonchev–Trinajstić information content (AvgIpc) is 3.06. The van der Waals surface area contributed by atoms with Gasteiger partial charge in [0.05, 0.1) is 12.8 Å². The molecule has 1 aromatic heterocycles. The Kier molecular flexibility index (Phi) is 6.63. The first-order chi connectivity index (χ1) is 14.4. The van der Waals surface area contributed by atoms with Gasteiger partial charge in [0.25, 0.3) is 0 Å². The van der Waals surface area contributed by atoms with Gasteiger partial charge in [-0.05, 0) is 43.4 Å². The summed E-state index contributed by atoms with van der Waals surface area (Å²) in [6.07, 6.45) is 0.203. The van der Waals surface area contributed by atoms with Crippen LogP contribution in [0.5, 0.6) is 5.75 Å². The monoisotopic (exact) mass is 425 g/mol. The van der Waals surface area contributed by atoms with Crippen LogP contribution in [0.4, 0.5) is 11.4 Å². The largest absolute Gasteiger partial charge is 0.495 e. The van der Waals surface area contributed by atoms with Gasteiger partial charge in [0.1, 0.15) is 5.75 Å². The molecular formula is C21H23N5O3S. The number of rotatable bonds is 7. The molecule has 30 heavy (non-hydrogen) atoms. The summed E-state index contributed by atoms with van der Waals surface area (Å²) in [4.78, 5) is 23.9. The van der Waals surface area contributed by atoms with Crippen LogP contribution in [0.25, 0.3) is 11.4 Å². The topological polar surface area (TPSA) is 101 Å². The molecule has 0 fully saturated rings. The zero-order valence-corrected chi connectivity index (χ0v) is 17.8. The molecule has 0 unspecified atom stereocenters. The molecule has 3 N–H and O–H groups in total. The van der Waals surface area contributed by atoms with E-state index >= 15 is 0 Å². The number of carbonyl (C=O) groups is 2. The van der Waals surface area contributed by atoms with Crippen LogP contribution in [-0.4, -0.2) is 33.7 Å². The first kappa shape index (κ1) is 21.3. The average molecular weight is 426 g/mol. The number of hydrogen-bond acceptors (Lipinski definition) is 5. The Balaban J connectivity index is 1.71. The number of ether oxygens (including phenoxy) is 1. The zero-order chi connectivity index (χ0) is 21.7. The first-order valence-corrected chi connectivity index (χ1v) is 9.76. The summed E-state index contributed by atoms with van der Waals surface area (Å²) >= 11 is 5.33. The molecular weight excluding hydrogens is 402 g/mol. The second kappa shape index (κ2) is 9.36. The number of carbonyl (C=O) groups excluding carboxylic acids is 2. The molecule has 2 amide bonds. The van der Waals surface area contributed by atoms with Gasteiger partial charge >= 0.3 is 0 Å². The Morgan fingerprint density at radius 3 is 2.70 bits per heavy atom. The molecule has 2 aromatic carbocycles. The predicted octanol–water partition coefficient (Wildman–Crippen LogP) is 3.91. The third-order valence-electron chi connectivity index (χ3n) is 4.39. The molecule has 8 nitrogen and oxygen atoms in total. The van der Waals surface area contributed by atoms with E-state index < -0.39 is 0 Å². The maximum absolute atomic E-state index is 12.5. The van der Waals surface area contributed by atoms with E-state index in [2.05, 4.69) is 20.8 Å². The minimum Gasteiger partial charge on any atom is -0.495 e. The molecule has 0 aliphatic carbocycles. The summed E-state index contributed by atoms with van der Waals surface area (Å²) in [5, 5.41) is 12.6. The van der Waals surface area contributed by atoms with E-state index in [4.69, 9.17) is 17.0 Å². The molecule has 0 aliphatic heterocycles. The summed E-state index contributed by atoms with van der Waals surface area (Å²) in [5.41, 5.74) is 3.08. The van der Waals surface area contributed by atoms with Crippen molar-refractivity contribution in [3.05, 3.63) is 52.8 Å². The maximum Gasteiger partial charge on any atom is 0.226 e. The fraction of sp³-hybridized carbons (Fsp3) is 0.238. The number of aryl methyl sites for hydroxylation is 1. The SMILES string of the molecule is COc1ccc(NC(=O)CCn2c(-c3cccc(C)c3)n[nH]c2=S)cc1NC(C)=O. The Hall–Kier alpha value is -3.46. The van der Waals surface area contributed by atoms with Gasteiger partial charge in [-0.1, -0.05) is 23.8 Å². The van der Waals surface area contributed by atoms with Gasteiger partial charge in [-0.25, -0.2) is 0 Å². The minimum atomic E-state index is -0.227. The molecule has 0 radical (unpaired) electrons. The molecule has 0 spiro atoms. The lowest BCUT2D eigenvalue weighted by Gasteiger charge is -2.12. The number of aromatic nitrogens is 3. The zero-order valence-electron chi connectivity index (χ0n) is 17.0. The van der Waals surface area contributed by atoms with Crippen LogP contribution < -0.4 is 15.4 Å². The Bertz CT molecular complexity index is 1140. The van der Waals surface area contributed by atoms with Crippen molar-refractivity contribution in [2.45, 2.75) is 26.8 Å². The first-order valence-electron chi connectivity index (χ1n) is 9.35. The Morgan fingerprint density at radius 2 is 2.00 bits per heavy atom. The number of anilines is 2. The van der Waals surface area contributed by atoms with Crippen LogP contribution >= 0.6 is 12.2 Å². The summed E-state index contributed by atoms with van der Waals surface area (Å²) < 4.78 is 7.49. The summed E-state index contributed by atoms with van der Waals surface area (Å²) in [5.74, 6) is 0.784. The molecule has 0 saturated carbocycles. The highest BCUT2D eigenvalue weighted by atomic mass is 32.1. The summed E-state index contributed by atoms with van der Waals surface area (Å²) in [6.45, 7) is 3.79. The lowest BCUT2D eigenvalue weighted by atomic mass is 10.1. The number of amides is 2. The minimum absolute atomic E-state index is 0.188. The predicted molar refractivity (Wildman–Crippen MR) is 118 cm³/mol. The van der Waals surface area contributed by atoms with Crippen molar-refractivity contribution in [1.82, 2.24) is 14.8 Å². The van der Waals surface area contributed by atoms with E-state index in [1.165, 1.54) is 14.0 Å². The Morgan fingerprint density at radius 1 is 1.20 bits per heavy atom. The van der Waals surface area contributed by atoms with Gasteiger partial charge in [-0.3, -0.25) is 19.3 Å². The van der Waals surface area contributed by atoms with E-state index in [9.17, 15) is 9.59 Å². The van der Waals surface area contributed by atoms with Gasteiger partial charge in [-0.2, -0.15) is 5.10 Å². The highest BCUT2D eigenvalue weighted by Gasteiger charge is 2.12. The van der Waals surface area contributed by atoms with Crippen LogP contribution in [0.1, 0.15) is 18.9 Å². The molecule has 3 aromatic rings. The van der Waals surface area contributed by atoms with Crippen molar-refractivity contribution >= 4 is 35.4 Å². The fourth-order valence-electron chi connectivity index (χ4n) is 3.04. The molecule has 1 heterocycles. The van der Waals surface area contributed by atoms with Gasteiger partial charge in [0.2, 0.25) is 11.8 Å². The number of H-pyrrole nitrogens is 1. The number of aromatic amines is 1. The van der Waals surface area contributed by atoms with Gasteiger partial charge in [0, 0.05) is 31.1 Å². The van der Waals surface area contributed by atoms with Gasteiger partial charge < -0.3 is 15.4 Å². The molecule has 156 valence electrons. The number of nitrogens with zero attached hydrogens (tertiary/aromatic N) is 2. The van der Waals surface area contributed by atoms with Crippen molar-refractivity contribution < 1.29 is 14.3 Å². The van der Waals surface area contributed by atoms with Crippen molar-refractivity contribution in [2.75, 3.05) is 17.7 Å². The van der Waals surface area contributed by atoms with Crippen LogP contribution in [0.3, 0.4) is 0 Å². The quantitative estimate of drug-likeness (QED) is 0.498. The number of benzene rings is 2. The van der Waals surface area contributed by atoms with Crippen LogP contribution in [0, 0.1) is 11.7 Å². The Labute approximate surface area is 179 Å². The van der Waals surface area contributed by atoms with Crippen molar-refractivity contribution in [1.29, 1.82) is 0 Å². The number of nitrogens with one attached hydrogen (secondary N) is 3. The van der Waals surface area contributed by atoms with Crippen LogP contribution in [-0.2, 0) is 16.1 Å². The maximum atomic E-state index is 12.5. The summed E-state index contributed by atoms with van der Waals surface area (Å²) in [7, 11) is 1.51. The molecule has 0 aliphatic rings. The smallest absolute Gasteiger partial charge is 0.226 e. The van der Waals surface area contributed by atoms with E-state index in [-0.39, 0.29) is 18.2 Å². The van der Waals surface area contributed by atoms with Crippen LogP contribution in [0.15, 0.2) is 42.5 Å².